The quantitative estimate of drug-likeness (QED) is 0.541. The minimum Gasteiger partial charge on any atom is -0.333 e. The number of benzene rings is 1. The Morgan fingerprint density at radius 1 is 1.15 bits per heavy atom. The van der Waals surface area contributed by atoms with Crippen LogP contribution in [0.3, 0.4) is 0 Å². The van der Waals surface area contributed by atoms with Gasteiger partial charge in [-0.3, -0.25) is 4.79 Å². The standard InChI is InChI=1S/C21H21ClN2OS/c1-13-6-5-7-14(2)24(13)21(25)16-12-18(19-10-11-20(22)26-19)23-17-9-4-3-8-15(16)17/h3-4,8-14H,5-7H2,1-2H3. The maximum absolute atomic E-state index is 13.5. The van der Waals surface area contributed by atoms with Crippen LogP contribution in [0.4, 0.5) is 0 Å². The number of hydrogen-bond donors (Lipinski definition) is 0. The predicted molar refractivity (Wildman–Crippen MR) is 109 cm³/mol. The molecular weight excluding hydrogens is 364 g/mol. The monoisotopic (exact) mass is 384 g/mol. The first-order chi connectivity index (χ1) is 12.5. The van der Waals surface area contributed by atoms with Crippen molar-refractivity contribution in [2.75, 3.05) is 0 Å². The molecule has 2 aromatic heterocycles. The van der Waals surface area contributed by atoms with E-state index < -0.39 is 0 Å². The minimum atomic E-state index is 0.104. The molecule has 0 N–H and O–H groups in total. The topological polar surface area (TPSA) is 33.2 Å². The fourth-order valence-electron chi connectivity index (χ4n) is 3.89. The molecule has 0 aliphatic carbocycles. The number of aromatic nitrogens is 1. The van der Waals surface area contributed by atoms with Gasteiger partial charge in [-0.25, -0.2) is 4.98 Å². The molecule has 1 amide bonds. The maximum atomic E-state index is 13.5. The number of para-hydroxylation sites is 1. The Hall–Kier alpha value is -1.91. The van der Waals surface area contributed by atoms with Crippen molar-refractivity contribution >= 4 is 39.7 Å². The summed E-state index contributed by atoms with van der Waals surface area (Å²) in [4.78, 5) is 21.3. The highest BCUT2D eigenvalue weighted by atomic mass is 35.5. The second-order valence-electron chi connectivity index (χ2n) is 7.02. The van der Waals surface area contributed by atoms with Gasteiger partial charge in [-0.2, -0.15) is 0 Å². The lowest BCUT2D eigenvalue weighted by atomic mass is 9.95. The summed E-state index contributed by atoms with van der Waals surface area (Å²) in [7, 11) is 0. The van der Waals surface area contributed by atoms with Crippen LogP contribution in [0.25, 0.3) is 21.5 Å². The first-order valence-electron chi connectivity index (χ1n) is 9.03. The number of carbonyl (C=O) groups excluding carboxylic acids is 1. The summed E-state index contributed by atoms with van der Waals surface area (Å²) >= 11 is 7.59. The number of fused-ring (bicyclic) bond motifs is 1. The molecule has 1 saturated heterocycles. The van der Waals surface area contributed by atoms with Gasteiger partial charge < -0.3 is 4.90 Å². The molecule has 0 saturated carbocycles. The molecule has 3 heterocycles. The highest BCUT2D eigenvalue weighted by Crippen LogP contribution is 2.33. The average Bonchev–Trinajstić information content (AvgIpc) is 3.07. The number of pyridine rings is 1. The number of thiophene rings is 1. The molecule has 1 aliphatic rings. The van der Waals surface area contributed by atoms with E-state index in [4.69, 9.17) is 16.6 Å². The third-order valence-electron chi connectivity index (χ3n) is 5.20. The van der Waals surface area contributed by atoms with E-state index in [-0.39, 0.29) is 18.0 Å². The highest BCUT2D eigenvalue weighted by molar-refractivity contribution is 7.19. The average molecular weight is 385 g/mol. The van der Waals surface area contributed by atoms with Crippen molar-refractivity contribution in [3.63, 3.8) is 0 Å². The van der Waals surface area contributed by atoms with Crippen LogP contribution in [0.2, 0.25) is 4.34 Å². The molecule has 2 unspecified atom stereocenters. The molecule has 3 aromatic rings. The van der Waals surface area contributed by atoms with Crippen molar-refractivity contribution in [2.24, 2.45) is 0 Å². The van der Waals surface area contributed by atoms with Crippen molar-refractivity contribution < 1.29 is 4.79 Å². The van der Waals surface area contributed by atoms with Crippen molar-refractivity contribution in [1.82, 2.24) is 9.88 Å². The Balaban J connectivity index is 1.86. The van der Waals surface area contributed by atoms with Crippen LogP contribution in [-0.2, 0) is 0 Å². The van der Waals surface area contributed by atoms with E-state index in [0.717, 1.165) is 44.2 Å². The molecule has 134 valence electrons. The van der Waals surface area contributed by atoms with Crippen LogP contribution in [0.1, 0.15) is 43.5 Å². The number of hydrogen-bond acceptors (Lipinski definition) is 3. The molecule has 1 aromatic carbocycles. The van der Waals surface area contributed by atoms with Crippen molar-refractivity contribution in [1.29, 1.82) is 0 Å². The largest absolute Gasteiger partial charge is 0.333 e. The van der Waals surface area contributed by atoms with Crippen LogP contribution < -0.4 is 0 Å². The van der Waals surface area contributed by atoms with Crippen LogP contribution in [0.5, 0.6) is 0 Å². The number of carbonyl (C=O) groups is 1. The summed E-state index contributed by atoms with van der Waals surface area (Å²) in [6, 6.07) is 14.2. The molecule has 4 rings (SSSR count). The molecule has 2 atom stereocenters. The second kappa shape index (κ2) is 7.01. The number of likely N-dealkylation sites (tertiary alicyclic amines) is 1. The smallest absolute Gasteiger partial charge is 0.255 e. The number of nitrogens with zero attached hydrogens (tertiary/aromatic N) is 2. The zero-order valence-electron chi connectivity index (χ0n) is 14.9. The van der Waals surface area contributed by atoms with Gasteiger partial charge in [0.05, 0.1) is 26.0 Å². The lowest BCUT2D eigenvalue weighted by Crippen LogP contribution is -2.47. The van der Waals surface area contributed by atoms with E-state index in [1.54, 1.807) is 0 Å². The first kappa shape index (κ1) is 17.5. The van der Waals surface area contributed by atoms with E-state index >= 15 is 0 Å². The number of piperidine rings is 1. The highest BCUT2D eigenvalue weighted by Gasteiger charge is 2.30. The van der Waals surface area contributed by atoms with Crippen molar-refractivity contribution in [3.05, 3.63) is 52.4 Å². The molecule has 26 heavy (non-hydrogen) atoms. The molecule has 0 spiro atoms. The number of amides is 1. The van der Waals surface area contributed by atoms with Crippen molar-refractivity contribution in [2.45, 2.75) is 45.2 Å². The summed E-state index contributed by atoms with van der Waals surface area (Å²) in [5.74, 6) is 0.104. The van der Waals surface area contributed by atoms with Gasteiger partial charge in [0.1, 0.15) is 0 Å². The Labute approximate surface area is 162 Å². The summed E-state index contributed by atoms with van der Waals surface area (Å²) in [6.45, 7) is 4.30. The van der Waals surface area contributed by atoms with E-state index in [9.17, 15) is 4.79 Å². The van der Waals surface area contributed by atoms with Gasteiger partial charge in [0, 0.05) is 17.5 Å². The Morgan fingerprint density at radius 3 is 2.58 bits per heavy atom. The van der Waals surface area contributed by atoms with Crippen LogP contribution >= 0.6 is 22.9 Å². The van der Waals surface area contributed by atoms with Gasteiger partial charge in [0.15, 0.2) is 0 Å². The van der Waals surface area contributed by atoms with E-state index in [2.05, 4.69) is 18.7 Å². The zero-order chi connectivity index (χ0) is 18.3. The first-order valence-corrected chi connectivity index (χ1v) is 10.2. The van der Waals surface area contributed by atoms with E-state index in [1.165, 1.54) is 17.8 Å². The SMILES string of the molecule is CC1CCCC(C)N1C(=O)c1cc(-c2ccc(Cl)s2)nc2ccccc12. The molecule has 1 aliphatic heterocycles. The Morgan fingerprint density at radius 2 is 1.88 bits per heavy atom. The Bertz CT molecular complexity index is 958. The molecule has 1 fully saturated rings. The fourth-order valence-corrected chi connectivity index (χ4v) is 4.89. The summed E-state index contributed by atoms with van der Waals surface area (Å²) < 4.78 is 0.723. The third kappa shape index (κ3) is 3.12. The van der Waals surface area contributed by atoms with Crippen molar-refractivity contribution in [3.8, 4) is 10.6 Å². The van der Waals surface area contributed by atoms with Gasteiger partial charge in [-0.15, -0.1) is 11.3 Å². The lowest BCUT2D eigenvalue weighted by Gasteiger charge is -2.39. The fraction of sp³-hybridized carbons (Fsp3) is 0.333. The summed E-state index contributed by atoms with van der Waals surface area (Å²) in [5, 5.41) is 0.911. The van der Waals surface area contributed by atoms with E-state index in [1.807, 2.05) is 42.5 Å². The van der Waals surface area contributed by atoms with E-state index in [0.29, 0.717) is 0 Å². The normalized spacial score (nSPS) is 20.5. The van der Waals surface area contributed by atoms with Gasteiger partial charge in [0.25, 0.3) is 5.91 Å². The molecule has 0 bridgehead atoms. The summed E-state index contributed by atoms with van der Waals surface area (Å²) in [6.07, 6.45) is 3.31. The summed E-state index contributed by atoms with van der Waals surface area (Å²) in [5.41, 5.74) is 2.38. The third-order valence-corrected chi connectivity index (χ3v) is 6.45. The van der Waals surface area contributed by atoms with Crippen LogP contribution in [-0.4, -0.2) is 27.9 Å². The zero-order valence-corrected chi connectivity index (χ0v) is 16.5. The van der Waals surface area contributed by atoms with Gasteiger partial charge in [-0.05, 0) is 57.4 Å². The number of halogens is 1. The van der Waals surface area contributed by atoms with Gasteiger partial charge >= 0.3 is 0 Å². The van der Waals surface area contributed by atoms with Gasteiger partial charge in [0.2, 0.25) is 0 Å². The molecular formula is C21H21ClN2OS. The maximum Gasteiger partial charge on any atom is 0.255 e. The molecule has 5 heteroatoms. The lowest BCUT2D eigenvalue weighted by molar-refractivity contribution is 0.0513. The minimum absolute atomic E-state index is 0.104. The molecule has 0 radical (unpaired) electrons. The Kier molecular flexibility index (Phi) is 4.72. The van der Waals surface area contributed by atoms with Crippen LogP contribution in [0, 0.1) is 0 Å². The number of rotatable bonds is 2. The second-order valence-corrected chi connectivity index (χ2v) is 8.73. The van der Waals surface area contributed by atoms with Crippen LogP contribution in [0.15, 0.2) is 42.5 Å². The van der Waals surface area contributed by atoms with Gasteiger partial charge in [-0.1, -0.05) is 29.8 Å². The predicted octanol–water partition coefficient (Wildman–Crippen LogP) is 6.02. The molecule has 3 nitrogen and oxygen atoms in total.